The number of nitrogens with one attached hydrogen (secondary N) is 2. The van der Waals surface area contributed by atoms with Gasteiger partial charge in [0.15, 0.2) is 0 Å². The van der Waals surface area contributed by atoms with Crippen LogP contribution in [0.1, 0.15) is 26.2 Å². The number of rotatable bonds is 11. The van der Waals surface area contributed by atoms with Gasteiger partial charge in [0.25, 0.3) is 0 Å². The molecule has 0 fully saturated rings. The fourth-order valence-electron chi connectivity index (χ4n) is 2.56. The number of amides is 1. The molecule has 0 unspecified atom stereocenters. The molecule has 0 spiro atoms. The molecule has 0 aromatic heterocycles. The van der Waals surface area contributed by atoms with Crippen LogP contribution in [0.2, 0.25) is 0 Å². The first-order chi connectivity index (χ1) is 12.3. The molecule has 2 rings (SSSR count). The third-order valence-corrected chi connectivity index (χ3v) is 4.99. The smallest absolute Gasteiger partial charge is 0.230 e. The van der Waals surface area contributed by atoms with Gasteiger partial charge in [-0.3, -0.25) is 4.79 Å². The summed E-state index contributed by atoms with van der Waals surface area (Å²) in [5.74, 6) is 0.530. The predicted molar refractivity (Wildman–Crippen MR) is 108 cm³/mol. The molecule has 0 aliphatic rings. The van der Waals surface area contributed by atoms with Gasteiger partial charge in [0.05, 0.1) is 5.75 Å². The van der Waals surface area contributed by atoms with Crippen LogP contribution in [-0.2, 0) is 4.79 Å². The van der Waals surface area contributed by atoms with Crippen molar-refractivity contribution in [2.24, 2.45) is 0 Å². The number of hydrogen-bond donors (Lipinski definition) is 2. The van der Waals surface area contributed by atoms with Gasteiger partial charge < -0.3 is 10.6 Å². The summed E-state index contributed by atoms with van der Waals surface area (Å²) in [6.07, 6.45) is 3.70. The Bertz CT molecular complexity index is 631. The van der Waals surface area contributed by atoms with E-state index in [1.54, 1.807) is 11.8 Å². The summed E-state index contributed by atoms with van der Waals surface area (Å²) in [6.45, 7) is 4.75. The molecule has 2 aromatic carbocycles. The summed E-state index contributed by atoms with van der Waals surface area (Å²) < 4.78 is 0. The average molecular weight is 357 g/mol. The van der Waals surface area contributed by atoms with E-state index in [1.807, 2.05) is 30.3 Å². The predicted octanol–water partition coefficient (Wildman–Crippen LogP) is 4.34. The number of hydrogen-bond acceptors (Lipinski definition) is 3. The maximum absolute atomic E-state index is 12.0. The average Bonchev–Trinajstić information content (AvgIpc) is 2.66. The normalized spacial score (nSPS) is 10.6. The van der Waals surface area contributed by atoms with Gasteiger partial charge in [0, 0.05) is 18.0 Å². The van der Waals surface area contributed by atoms with Crippen LogP contribution >= 0.6 is 11.8 Å². The van der Waals surface area contributed by atoms with Gasteiger partial charge in [-0.1, -0.05) is 68.3 Å². The zero-order valence-corrected chi connectivity index (χ0v) is 15.8. The van der Waals surface area contributed by atoms with Crippen molar-refractivity contribution in [2.75, 3.05) is 25.4 Å². The van der Waals surface area contributed by atoms with Crippen molar-refractivity contribution < 1.29 is 4.79 Å². The maximum Gasteiger partial charge on any atom is 0.230 e. The Morgan fingerprint density at radius 1 is 0.920 bits per heavy atom. The van der Waals surface area contributed by atoms with Crippen molar-refractivity contribution in [3.8, 4) is 11.1 Å². The van der Waals surface area contributed by atoms with E-state index in [0.717, 1.165) is 18.0 Å². The Morgan fingerprint density at radius 2 is 1.68 bits per heavy atom. The van der Waals surface area contributed by atoms with Crippen LogP contribution in [0.25, 0.3) is 11.1 Å². The van der Waals surface area contributed by atoms with Crippen LogP contribution in [0.15, 0.2) is 59.5 Å². The minimum Gasteiger partial charge on any atom is -0.354 e. The number of benzene rings is 2. The van der Waals surface area contributed by atoms with Crippen LogP contribution < -0.4 is 10.6 Å². The molecule has 2 aromatic rings. The summed E-state index contributed by atoms with van der Waals surface area (Å²) in [5.41, 5.74) is 2.36. The molecular formula is C21H28N2OS. The van der Waals surface area contributed by atoms with Gasteiger partial charge in [-0.25, -0.2) is 0 Å². The summed E-state index contributed by atoms with van der Waals surface area (Å²) in [7, 11) is 0. The number of unbranched alkanes of at least 4 members (excludes halogenated alkanes) is 2. The van der Waals surface area contributed by atoms with Crippen molar-refractivity contribution in [3.63, 3.8) is 0 Å². The van der Waals surface area contributed by atoms with Gasteiger partial charge in [-0.2, -0.15) is 0 Å². The van der Waals surface area contributed by atoms with E-state index in [2.05, 4.69) is 41.8 Å². The highest BCUT2D eigenvalue weighted by molar-refractivity contribution is 8.00. The zero-order chi connectivity index (χ0) is 17.7. The van der Waals surface area contributed by atoms with Crippen LogP contribution in [0.3, 0.4) is 0 Å². The first-order valence-electron chi connectivity index (χ1n) is 9.06. The molecule has 3 nitrogen and oxygen atoms in total. The molecule has 2 N–H and O–H groups in total. The van der Waals surface area contributed by atoms with E-state index in [0.29, 0.717) is 12.3 Å². The van der Waals surface area contributed by atoms with Gasteiger partial charge in [-0.05, 0) is 30.2 Å². The lowest BCUT2D eigenvalue weighted by atomic mass is 10.1. The fraction of sp³-hybridized carbons (Fsp3) is 0.381. The quantitative estimate of drug-likeness (QED) is 0.465. The topological polar surface area (TPSA) is 41.1 Å². The van der Waals surface area contributed by atoms with E-state index in [1.165, 1.54) is 30.4 Å². The van der Waals surface area contributed by atoms with Crippen molar-refractivity contribution in [2.45, 2.75) is 31.1 Å². The van der Waals surface area contributed by atoms with Gasteiger partial charge >= 0.3 is 0 Å². The highest BCUT2D eigenvalue weighted by Crippen LogP contribution is 2.30. The minimum atomic E-state index is 0.0863. The Labute approximate surface area is 155 Å². The fourth-order valence-corrected chi connectivity index (χ4v) is 3.46. The first-order valence-corrected chi connectivity index (χ1v) is 10.0. The molecule has 0 aliphatic carbocycles. The lowest BCUT2D eigenvalue weighted by Crippen LogP contribution is -2.33. The Balaban J connectivity index is 1.73. The monoisotopic (exact) mass is 356 g/mol. The molecular weight excluding hydrogens is 328 g/mol. The van der Waals surface area contributed by atoms with E-state index < -0.39 is 0 Å². The summed E-state index contributed by atoms with van der Waals surface area (Å²) in [4.78, 5) is 13.2. The van der Waals surface area contributed by atoms with Crippen molar-refractivity contribution in [1.29, 1.82) is 0 Å². The van der Waals surface area contributed by atoms with E-state index in [-0.39, 0.29) is 5.91 Å². The molecule has 0 heterocycles. The second kappa shape index (κ2) is 11.7. The Kier molecular flexibility index (Phi) is 9.16. The molecule has 134 valence electrons. The van der Waals surface area contributed by atoms with Crippen molar-refractivity contribution >= 4 is 17.7 Å². The SMILES string of the molecule is CCCCCNCCNC(=O)CSc1ccccc1-c1ccccc1. The zero-order valence-electron chi connectivity index (χ0n) is 15.0. The molecule has 1 amide bonds. The van der Waals surface area contributed by atoms with E-state index in [9.17, 15) is 4.79 Å². The summed E-state index contributed by atoms with van der Waals surface area (Å²) >= 11 is 1.59. The molecule has 0 saturated carbocycles. The largest absolute Gasteiger partial charge is 0.354 e. The molecule has 0 radical (unpaired) electrons. The molecule has 0 bridgehead atoms. The van der Waals surface area contributed by atoms with Crippen LogP contribution in [0.5, 0.6) is 0 Å². The van der Waals surface area contributed by atoms with Gasteiger partial charge in [0.2, 0.25) is 5.91 Å². The van der Waals surface area contributed by atoms with Crippen molar-refractivity contribution in [1.82, 2.24) is 10.6 Å². The van der Waals surface area contributed by atoms with Crippen molar-refractivity contribution in [3.05, 3.63) is 54.6 Å². The maximum atomic E-state index is 12.0. The molecule has 0 atom stereocenters. The summed E-state index contributed by atoms with van der Waals surface area (Å²) in [6, 6.07) is 18.5. The Morgan fingerprint density at radius 3 is 2.48 bits per heavy atom. The van der Waals surface area contributed by atoms with E-state index >= 15 is 0 Å². The lowest BCUT2D eigenvalue weighted by molar-refractivity contribution is -0.118. The molecule has 0 aliphatic heterocycles. The molecule has 4 heteroatoms. The lowest BCUT2D eigenvalue weighted by Gasteiger charge is -2.10. The van der Waals surface area contributed by atoms with Crippen LogP contribution in [0, 0.1) is 0 Å². The minimum absolute atomic E-state index is 0.0863. The standard InChI is InChI=1S/C21H28N2OS/c1-2-3-9-14-22-15-16-23-21(24)17-25-20-13-8-7-12-19(20)18-10-5-4-6-11-18/h4-8,10-13,22H,2-3,9,14-17H2,1H3,(H,23,24). The number of thioether (sulfide) groups is 1. The molecule has 25 heavy (non-hydrogen) atoms. The Hall–Kier alpha value is -1.78. The highest BCUT2D eigenvalue weighted by atomic mass is 32.2. The van der Waals surface area contributed by atoms with Gasteiger partial charge in [-0.15, -0.1) is 11.8 Å². The third kappa shape index (κ3) is 7.32. The second-order valence-electron chi connectivity index (χ2n) is 5.96. The second-order valence-corrected chi connectivity index (χ2v) is 6.98. The molecule has 0 saturated heterocycles. The number of carbonyl (C=O) groups excluding carboxylic acids is 1. The van der Waals surface area contributed by atoms with Gasteiger partial charge in [0.1, 0.15) is 0 Å². The first kappa shape index (κ1) is 19.5. The summed E-state index contributed by atoms with van der Waals surface area (Å²) in [5, 5.41) is 6.34. The highest BCUT2D eigenvalue weighted by Gasteiger charge is 2.07. The van der Waals surface area contributed by atoms with Crippen LogP contribution in [-0.4, -0.2) is 31.3 Å². The van der Waals surface area contributed by atoms with Crippen LogP contribution in [0.4, 0.5) is 0 Å². The van der Waals surface area contributed by atoms with E-state index in [4.69, 9.17) is 0 Å². The number of carbonyl (C=O) groups is 1. The third-order valence-electron chi connectivity index (χ3n) is 3.91.